The molecule has 2 heterocycles. The fraction of sp³-hybridized carbons (Fsp3) is 0.133. The molecule has 21 heavy (non-hydrogen) atoms. The predicted molar refractivity (Wildman–Crippen MR) is 74.6 cm³/mol. The zero-order valence-electron chi connectivity index (χ0n) is 11.3. The van der Waals surface area contributed by atoms with E-state index >= 15 is 0 Å². The number of methoxy groups -OCH3 is 1. The Morgan fingerprint density at radius 2 is 2.14 bits per heavy atom. The predicted octanol–water partition coefficient (Wildman–Crippen LogP) is 2.54. The van der Waals surface area contributed by atoms with Crippen LogP contribution in [0.2, 0.25) is 0 Å². The molecule has 3 rings (SSSR count). The molecular formula is C15H12N4O2. The van der Waals surface area contributed by atoms with Gasteiger partial charge in [0.15, 0.2) is 5.82 Å². The van der Waals surface area contributed by atoms with E-state index in [1.54, 1.807) is 19.4 Å². The smallest absolute Gasteiger partial charge is 0.259 e. The summed E-state index contributed by atoms with van der Waals surface area (Å²) in [5.74, 6) is 1.80. The van der Waals surface area contributed by atoms with Gasteiger partial charge in [0.25, 0.3) is 5.89 Å². The molecule has 0 spiro atoms. The van der Waals surface area contributed by atoms with Crippen molar-refractivity contribution >= 4 is 0 Å². The second-order valence-electron chi connectivity index (χ2n) is 4.45. The number of aromatic nitrogens is 3. The normalized spacial score (nSPS) is 10.3. The molecule has 2 aromatic heterocycles. The highest BCUT2D eigenvalue weighted by Crippen LogP contribution is 2.19. The third-order valence-electron chi connectivity index (χ3n) is 3.04. The molecule has 0 radical (unpaired) electrons. The van der Waals surface area contributed by atoms with Crippen LogP contribution < -0.4 is 4.74 Å². The largest absolute Gasteiger partial charge is 0.497 e. The Morgan fingerprint density at radius 1 is 1.33 bits per heavy atom. The second-order valence-corrected chi connectivity index (χ2v) is 4.45. The van der Waals surface area contributed by atoms with Gasteiger partial charge in [-0.1, -0.05) is 17.3 Å². The van der Waals surface area contributed by atoms with Crippen molar-refractivity contribution in [2.75, 3.05) is 7.11 Å². The minimum Gasteiger partial charge on any atom is -0.497 e. The van der Waals surface area contributed by atoms with Crippen LogP contribution in [-0.4, -0.2) is 22.2 Å². The Kier molecular flexibility index (Phi) is 3.39. The van der Waals surface area contributed by atoms with Crippen LogP contribution in [0, 0.1) is 11.3 Å². The number of nitriles is 1. The first-order valence-corrected chi connectivity index (χ1v) is 6.33. The van der Waals surface area contributed by atoms with Gasteiger partial charge in [-0.2, -0.15) is 10.2 Å². The fourth-order valence-corrected chi connectivity index (χ4v) is 1.95. The molecule has 0 aliphatic heterocycles. The van der Waals surface area contributed by atoms with Crippen LogP contribution in [0.5, 0.6) is 5.75 Å². The number of benzene rings is 1. The van der Waals surface area contributed by atoms with Crippen LogP contribution in [0.25, 0.3) is 11.5 Å². The number of H-pyrrole nitrogens is 1. The highest BCUT2D eigenvalue weighted by Gasteiger charge is 2.11. The van der Waals surface area contributed by atoms with Crippen LogP contribution in [0.15, 0.2) is 41.1 Å². The lowest BCUT2D eigenvalue weighted by Gasteiger charge is -2.00. The molecule has 104 valence electrons. The van der Waals surface area contributed by atoms with Crippen LogP contribution in [-0.2, 0) is 6.42 Å². The molecule has 0 bridgehead atoms. The maximum atomic E-state index is 8.78. The Labute approximate surface area is 121 Å². The molecule has 0 saturated heterocycles. The summed E-state index contributed by atoms with van der Waals surface area (Å²) >= 11 is 0. The molecule has 6 nitrogen and oxygen atoms in total. The van der Waals surface area contributed by atoms with E-state index in [1.807, 2.05) is 30.3 Å². The number of nitrogens with zero attached hydrogens (tertiary/aromatic N) is 3. The van der Waals surface area contributed by atoms with Crippen molar-refractivity contribution < 1.29 is 9.26 Å². The first-order chi connectivity index (χ1) is 10.3. The van der Waals surface area contributed by atoms with Gasteiger partial charge in [0, 0.05) is 12.6 Å². The monoisotopic (exact) mass is 280 g/mol. The van der Waals surface area contributed by atoms with Gasteiger partial charge in [-0.3, -0.25) is 0 Å². The Bertz CT molecular complexity index is 781. The quantitative estimate of drug-likeness (QED) is 0.793. The van der Waals surface area contributed by atoms with Gasteiger partial charge < -0.3 is 14.2 Å². The van der Waals surface area contributed by atoms with Crippen molar-refractivity contribution in [1.82, 2.24) is 15.1 Å². The minimum atomic E-state index is 0.399. The molecule has 0 amide bonds. The molecular weight excluding hydrogens is 268 g/mol. The van der Waals surface area contributed by atoms with Gasteiger partial charge in [0.2, 0.25) is 0 Å². The number of aromatic amines is 1. The highest BCUT2D eigenvalue weighted by atomic mass is 16.5. The SMILES string of the molecule is COc1ccc(Cc2noc(-c3c[nH]c(C#N)c3)n2)cc1. The van der Waals surface area contributed by atoms with Gasteiger partial charge in [-0.25, -0.2) is 0 Å². The van der Waals surface area contributed by atoms with E-state index in [2.05, 4.69) is 15.1 Å². The number of hydrogen-bond acceptors (Lipinski definition) is 5. The van der Waals surface area contributed by atoms with E-state index in [4.69, 9.17) is 14.5 Å². The lowest BCUT2D eigenvalue weighted by Crippen LogP contribution is -1.91. The number of nitrogens with one attached hydrogen (secondary N) is 1. The van der Waals surface area contributed by atoms with Gasteiger partial charge in [0.05, 0.1) is 12.7 Å². The lowest BCUT2D eigenvalue weighted by atomic mass is 10.1. The zero-order valence-corrected chi connectivity index (χ0v) is 11.3. The van der Waals surface area contributed by atoms with Crippen LogP contribution in [0.3, 0.4) is 0 Å². The molecule has 3 aromatic rings. The molecule has 6 heteroatoms. The van der Waals surface area contributed by atoms with Crippen molar-refractivity contribution in [3.8, 4) is 23.3 Å². The zero-order chi connectivity index (χ0) is 14.7. The third kappa shape index (κ3) is 2.77. The average molecular weight is 280 g/mol. The topological polar surface area (TPSA) is 87.7 Å². The Balaban J connectivity index is 1.76. The fourth-order valence-electron chi connectivity index (χ4n) is 1.95. The van der Waals surface area contributed by atoms with Crippen molar-refractivity contribution in [2.45, 2.75) is 6.42 Å². The molecule has 0 aliphatic carbocycles. The van der Waals surface area contributed by atoms with Gasteiger partial charge in [0.1, 0.15) is 17.5 Å². The number of hydrogen-bond donors (Lipinski definition) is 1. The minimum absolute atomic E-state index is 0.399. The molecule has 1 N–H and O–H groups in total. The average Bonchev–Trinajstić information content (AvgIpc) is 3.16. The van der Waals surface area contributed by atoms with Crippen LogP contribution >= 0.6 is 0 Å². The summed E-state index contributed by atoms with van der Waals surface area (Å²) in [7, 11) is 1.63. The molecule has 0 aliphatic rings. The van der Waals surface area contributed by atoms with Crippen molar-refractivity contribution in [2.24, 2.45) is 0 Å². The van der Waals surface area contributed by atoms with E-state index in [1.165, 1.54) is 0 Å². The number of ether oxygens (including phenoxy) is 1. The summed E-state index contributed by atoms with van der Waals surface area (Å²) in [4.78, 5) is 7.15. The van der Waals surface area contributed by atoms with E-state index in [0.717, 1.165) is 11.3 Å². The van der Waals surface area contributed by atoms with Gasteiger partial charge in [-0.15, -0.1) is 0 Å². The van der Waals surface area contributed by atoms with E-state index in [0.29, 0.717) is 29.4 Å². The van der Waals surface area contributed by atoms with E-state index in [-0.39, 0.29) is 0 Å². The first kappa shape index (κ1) is 12.9. The molecule has 0 fully saturated rings. The van der Waals surface area contributed by atoms with E-state index < -0.39 is 0 Å². The molecule has 0 atom stereocenters. The number of rotatable bonds is 4. The maximum Gasteiger partial charge on any atom is 0.259 e. The summed E-state index contributed by atoms with van der Waals surface area (Å²) in [6.07, 6.45) is 2.24. The maximum absolute atomic E-state index is 8.78. The Hall–Kier alpha value is -3.07. The third-order valence-corrected chi connectivity index (χ3v) is 3.04. The Morgan fingerprint density at radius 3 is 2.81 bits per heavy atom. The van der Waals surface area contributed by atoms with Crippen molar-refractivity contribution in [3.05, 3.63) is 53.6 Å². The molecule has 0 unspecified atom stereocenters. The van der Waals surface area contributed by atoms with Crippen LogP contribution in [0.4, 0.5) is 0 Å². The van der Waals surface area contributed by atoms with Gasteiger partial charge >= 0.3 is 0 Å². The lowest BCUT2D eigenvalue weighted by molar-refractivity contribution is 0.414. The summed E-state index contributed by atoms with van der Waals surface area (Å²) in [6, 6.07) is 11.4. The van der Waals surface area contributed by atoms with Gasteiger partial charge in [-0.05, 0) is 23.8 Å². The summed E-state index contributed by atoms with van der Waals surface area (Å²) in [5.41, 5.74) is 2.23. The van der Waals surface area contributed by atoms with Crippen molar-refractivity contribution in [3.63, 3.8) is 0 Å². The summed E-state index contributed by atoms with van der Waals surface area (Å²) < 4.78 is 10.3. The van der Waals surface area contributed by atoms with E-state index in [9.17, 15) is 0 Å². The standard InChI is InChI=1S/C15H12N4O2/c1-20-13-4-2-10(3-5-13)6-14-18-15(21-19-14)11-7-12(8-16)17-9-11/h2-5,7,9,17H,6H2,1H3. The first-order valence-electron chi connectivity index (χ1n) is 6.33. The highest BCUT2D eigenvalue weighted by molar-refractivity contribution is 5.54. The second kappa shape index (κ2) is 5.51. The molecule has 0 saturated carbocycles. The molecule has 1 aromatic carbocycles. The van der Waals surface area contributed by atoms with Crippen LogP contribution in [0.1, 0.15) is 17.1 Å². The van der Waals surface area contributed by atoms with Crippen molar-refractivity contribution in [1.29, 1.82) is 5.26 Å². The summed E-state index contributed by atoms with van der Waals surface area (Å²) in [6.45, 7) is 0. The summed E-state index contributed by atoms with van der Waals surface area (Å²) in [5, 5.41) is 12.7.